The van der Waals surface area contributed by atoms with Crippen molar-refractivity contribution in [1.29, 1.82) is 0 Å². The normalized spacial score (nSPS) is 10.6. The van der Waals surface area contributed by atoms with Crippen LogP contribution in [0.5, 0.6) is 11.5 Å². The quantitative estimate of drug-likeness (QED) is 0.774. The molecule has 0 atom stereocenters. The van der Waals surface area contributed by atoms with Crippen LogP contribution in [0.4, 0.5) is 5.69 Å². The van der Waals surface area contributed by atoms with E-state index < -0.39 is 0 Å². The molecule has 4 nitrogen and oxygen atoms in total. The van der Waals surface area contributed by atoms with Crippen molar-refractivity contribution in [3.63, 3.8) is 0 Å². The van der Waals surface area contributed by atoms with Gasteiger partial charge in [0.15, 0.2) is 11.5 Å². The number of para-hydroxylation sites is 1. The van der Waals surface area contributed by atoms with Gasteiger partial charge in [-0.25, -0.2) is 0 Å². The van der Waals surface area contributed by atoms with Crippen molar-refractivity contribution in [2.45, 2.75) is 0 Å². The zero-order chi connectivity index (χ0) is 12.8. The first-order valence-electron chi connectivity index (χ1n) is 5.50. The van der Waals surface area contributed by atoms with Crippen LogP contribution < -0.4 is 9.47 Å². The summed E-state index contributed by atoms with van der Waals surface area (Å²) in [6.45, 7) is 0. The Morgan fingerprint density at radius 3 is 2.67 bits per heavy atom. The second kappa shape index (κ2) is 5.82. The van der Waals surface area contributed by atoms with Gasteiger partial charge in [-0.2, -0.15) is 0 Å². The van der Waals surface area contributed by atoms with E-state index in [2.05, 4.69) is 9.98 Å². The van der Waals surface area contributed by atoms with Gasteiger partial charge in [-0.3, -0.25) is 9.98 Å². The molecule has 0 fully saturated rings. The second-order valence-electron chi connectivity index (χ2n) is 3.55. The van der Waals surface area contributed by atoms with Crippen LogP contribution in [0.15, 0.2) is 47.7 Å². The van der Waals surface area contributed by atoms with Gasteiger partial charge in [0.25, 0.3) is 0 Å². The van der Waals surface area contributed by atoms with Crippen molar-refractivity contribution in [2.24, 2.45) is 4.99 Å². The molecule has 0 bridgehead atoms. The van der Waals surface area contributed by atoms with Crippen molar-refractivity contribution in [1.82, 2.24) is 4.98 Å². The zero-order valence-corrected chi connectivity index (χ0v) is 10.3. The molecule has 0 spiro atoms. The van der Waals surface area contributed by atoms with E-state index in [0.717, 1.165) is 11.3 Å². The number of methoxy groups -OCH3 is 2. The molecule has 0 amide bonds. The fourth-order valence-corrected chi connectivity index (χ4v) is 1.59. The summed E-state index contributed by atoms with van der Waals surface area (Å²) in [7, 11) is 3.22. The van der Waals surface area contributed by atoms with Gasteiger partial charge in [0.05, 0.1) is 26.1 Å². The van der Waals surface area contributed by atoms with Gasteiger partial charge in [-0.15, -0.1) is 0 Å². The van der Waals surface area contributed by atoms with Crippen LogP contribution in [0, 0.1) is 0 Å². The highest BCUT2D eigenvalue weighted by Gasteiger charge is 2.06. The average molecular weight is 242 g/mol. The first-order valence-corrected chi connectivity index (χ1v) is 5.50. The Morgan fingerprint density at radius 1 is 1.11 bits per heavy atom. The number of nitrogens with zero attached hydrogens (tertiary/aromatic N) is 2. The molecule has 1 heterocycles. The Morgan fingerprint density at radius 2 is 2.00 bits per heavy atom. The molecule has 4 heteroatoms. The third kappa shape index (κ3) is 2.66. The molecule has 0 aliphatic rings. The van der Waals surface area contributed by atoms with E-state index in [1.807, 2.05) is 30.3 Å². The fraction of sp³-hybridized carbons (Fsp3) is 0.143. The van der Waals surface area contributed by atoms with E-state index >= 15 is 0 Å². The summed E-state index contributed by atoms with van der Waals surface area (Å²) >= 11 is 0. The largest absolute Gasteiger partial charge is 0.493 e. The average Bonchev–Trinajstić information content (AvgIpc) is 2.45. The molecule has 0 N–H and O–H groups in total. The van der Waals surface area contributed by atoms with E-state index in [-0.39, 0.29) is 0 Å². The van der Waals surface area contributed by atoms with Gasteiger partial charge in [-0.05, 0) is 24.3 Å². The summed E-state index contributed by atoms with van der Waals surface area (Å²) in [4.78, 5) is 8.34. The van der Waals surface area contributed by atoms with E-state index in [9.17, 15) is 0 Å². The molecule has 2 rings (SSSR count). The number of aromatic nitrogens is 1. The minimum atomic E-state index is 0.674. The van der Waals surface area contributed by atoms with Crippen LogP contribution in [-0.4, -0.2) is 25.4 Å². The fourth-order valence-electron chi connectivity index (χ4n) is 1.59. The van der Waals surface area contributed by atoms with Crippen LogP contribution >= 0.6 is 0 Å². The number of benzene rings is 1. The maximum atomic E-state index is 5.32. The lowest BCUT2D eigenvalue weighted by atomic mass is 10.2. The van der Waals surface area contributed by atoms with Crippen molar-refractivity contribution in [3.8, 4) is 11.5 Å². The van der Waals surface area contributed by atoms with Crippen molar-refractivity contribution in [2.75, 3.05) is 14.2 Å². The summed E-state index contributed by atoms with van der Waals surface area (Å²) < 4.78 is 10.6. The van der Waals surface area contributed by atoms with E-state index in [4.69, 9.17) is 9.47 Å². The van der Waals surface area contributed by atoms with Crippen molar-refractivity contribution in [3.05, 3.63) is 48.3 Å². The number of rotatable bonds is 4. The first-order chi connectivity index (χ1) is 8.85. The topological polar surface area (TPSA) is 43.7 Å². The van der Waals surface area contributed by atoms with Gasteiger partial charge in [0.2, 0.25) is 0 Å². The molecule has 2 aromatic rings. The highest BCUT2D eigenvalue weighted by molar-refractivity contribution is 5.86. The van der Waals surface area contributed by atoms with Crippen LogP contribution in [0.2, 0.25) is 0 Å². The maximum absolute atomic E-state index is 5.32. The Labute approximate surface area is 106 Å². The molecule has 0 radical (unpaired) electrons. The first kappa shape index (κ1) is 12.1. The molecule has 0 unspecified atom stereocenters. The molecule has 0 saturated heterocycles. The summed E-state index contributed by atoms with van der Waals surface area (Å²) in [5.74, 6) is 1.36. The lowest BCUT2D eigenvalue weighted by Crippen LogP contribution is -1.94. The molecule has 0 aliphatic carbocycles. The van der Waals surface area contributed by atoms with Crippen LogP contribution in [0.25, 0.3) is 0 Å². The minimum Gasteiger partial charge on any atom is -0.493 e. The van der Waals surface area contributed by atoms with Crippen molar-refractivity contribution < 1.29 is 9.47 Å². The lowest BCUT2D eigenvalue weighted by Gasteiger charge is -2.09. The van der Waals surface area contributed by atoms with Crippen molar-refractivity contribution >= 4 is 11.9 Å². The van der Waals surface area contributed by atoms with E-state index in [1.165, 1.54) is 0 Å². The Bertz CT molecular complexity index is 539. The molecule has 1 aromatic carbocycles. The molecule has 0 aliphatic heterocycles. The third-order valence-electron chi connectivity index (χ3n) is 2.43. The van der Waals surface area contributed by atoms with Crippen LogP contribution in [-0.2, 0) is 0 Å². The smallest absolute Gasteiger partial charge is 0.169 e. The van der Waals surface area contributed by atoms with Gasteiger partial charge in [-0.1, -0.05) is 6.07 Å². The molecule has 1 aromatic heterocycles. The number of hydrogen-bond donors (Lipinski definition) is 0. The molecule has 18 heavy (non-hydrogen) atoms. The number of ether oxygens (including phenoxy) is 2. The molecule has 92 valence electrons. The van der Waals surface area contributed by atoms with E-state index in [1.54, 1.807) is 32.8 Å². The number of aliphatic imine (C=N–C) groups is 1. The third-order valence-corrected chi connectivity index (χ3v) is 2.43. The van der Waals surface area contributed by atoms with Crippen LogP contribution in [0.3, 0.4) is 0 Å². The number of hydrogen-bond acceptors (Lipinski definition) is 4. The predicted octanol–water partition coefficient (Wildman–Crippen LogP) is 2.85. The predicted molar refractivity (Wildman–Crippen MR) is 71.0 cm³/mol. The summed E-state index contributed by atoms with van der Waals surface area (Å²) in [6, 6.07) is 9.39. The van der Waals surface area contributed by atoms with Gasteiger partial charge >= 0.3 is 0 Å². The maximum Gasteiger partial charge on any atom is 0.169 e. The molecular weight excluding hydrogens is 228 g/mol. The van der Waals surface area contributed by atoms with E-state index in [0.29, 0.717) is 11.5 Å². The Kier molecular flexibility index (Phi) is 3.91. The summed E-state index contributed by atoms with van der Waals surface area (Å²) in [5, 5.41) is 0. The van der Waals surface area contributed by atoms with Gasteiger partial charge in [0.1, 0.15) is 0 Å². The van der Waals surface area contributed by atoms with Crippen LogP contribution in [0.1, 0.15) is 5.56 Å². The lowest BCUT2D eigenvalue weighted by molar-refractivity contribution is 0.354. The summed E-state index contributed by atoms with van der Waals surface area (Å²) in [6.07, 6.45) is 5.15. The SMILES string of the molecule is COc1cccc(C=Nc2cccnc2)c1OC. The monoisotopic (exact) mass is 242 g/mol. The Balaban J connectivity index is 2.32. The summed E-state index contributed by atoms with van der Waals surface area (Å²) in [5.41, 5.74) is 1.66. The standard InChI is InChI=1S/C14H14N2O2/c1-17-13-7-3-5-11(14(13)18-2)9-16-12-6-4-8-15-10-12/h3-10H,1-2H3. The molecule has 0 saturated carbocycles. The van der Waals surface area contributed by atoms with Gasteiger partial charge < -0.3 is 9.47 Å². The zero-order valence-electron chi connectivity index (χ0n) is 10.3. The van der Waals surface area contributed by atoms with Gasteiger partial charge in [0, 0.05) is 18.0 Å². The number of pyridine rings is 1. The highest BCUT2D eigenvalue weighted by atomic mass is 16.5. The minimum absolute atomic E-state index is 0.674. The molecular formula is C14H14N2O2. The second-order valence-corrected chi connectivity index (χ2v) is 3.55. The highest BCUT2D eigenvalue weighted by Crippen LogP contribution is 2.29. The Hall–Kier alpha value is -2.36.